The highest BCUT2D eigenvalue weighted by Crippen LogP contribution is 2.26. The molecular formula is C13H15NO6. The van der Waals surface area contributed by atoms with Crippen LogP contribution in [0.25, 0.3) is 0 Å². The van der Waals surface area contributed by atoms with E-state index < -0.39 is 36.2 Å². The molecule has 1 amide bonds. The van der Waals surface area contributed by atoms with Crippen LogP contribution < -0.4 is 5.32 Å². The predicted molar refractivity (Wildman–Crippen MR) is 66.6 cm³/mol. The Morgan fingerprint density at radius 2 is 1.90 bits per heavy atom. The van der Waals surface area contributed by atoms with Crippen LogP contribution in [0, 0.1) is 0 Å². The average Bonchev–Trinajstić information content (AvgIpc) is 2.41. The van der Waals surface area contributed by atoms with Gasteiger partial charge in [0.25, 0.3) is 5.91 Å². The smallest absolute Gasteiger partial charge is 0.338 e. The summed E-state index contributed by atoms with van der Waals surface area (Å²) < 4.78 is 5.10. The van der Waals surface area contributed by atoms with Crippen molar-refractivity contribution in [3.8, 4) is 5.75 Å². The molecule has 0 aliphatic carbocycles. The zero-order chi connectivity index (χ0) is 14.9. The lowest BCUT2D eigenvalue weighted by molar-refractivity contribution is -0.174. The predicted octanol–water partition coefficient (Wildman–Crippen LogP) is -0.783. The molecule has 1 aromatic carbocycles. The number of aromatic hydroxyl groups is 1. The second-order valence-corrected chi connectivity index (χ2v) is 4.64. The van der Waals surface area contributed by atoms with Gasteiger partial charge < -0.3 is 25.4 Å². The molecule has 1 aliphatic rings. The first kappa shape index (κ1) is 14.3. The highest BCUT2D eigenvalue weighted by atomic mass is 16.6. The maximum Gasteiger partial charge on any atom is 0.338 e. The fourth-order valence-electron chi connectivity index (χ4n) is 2.01. The number of nitrogens with one attached hydrogen (secondary N) is 1. The largest absolute Gasteiger partial charge is 0.508 e. The Labute approximate surface area is 114 Å². The molecule has 7 nitrogen and oxygen atoms in total. The third-order valence-corrected chi connectivity index (χ3v) is 3.08. The Hall–Kier alpha value is -2.12. The van der Waals surface area contributed by atoms with Gasteiger partial charge in [0.1, 0.15) is 11.9 Å². The van der Waals surface area contributed by atoms with Gasteiger partial charge in [0, 0.05) is 0 Å². The summed E-state index contributed by atoms with van der Waals surface area (Å²) in [4.78, 5) is 23.3. The second kappa shape index (κ2) is 5.48. The molecule has 0 aromatic heterocycles. The summed E-state index contributed by atoms with van der Waals surface area (Å²) in [6.07, 6.45) is -4.68. The number of amides is 1. The standard InChI is InChI=1S/C13H15NO6/c1-6-11(7-3-2-4-8(15)5-7)20-13(19)10(17)9(16)12(18)14-6/h2-6,9-11,15-17H,1H3,(H,14,18)/t6-,9-,10-,11+/m1/s1. The number of rotatable bonds is 1. The van der Waals surface area contributed by atoms with Crippen molar-refractivity contribution in [2.75, 3.05) is 0 Å². The van der Waals surface area contributed by atoms with Gasteiger partial charge in [0.15, 0.2) is 12.2 Å². The Morgan fingerprint density at radius 3 is 2.55 bits per heavy atom. The molecule has 0 bridgehead atoms. The van der Waals surface area contributed by atoms with Gasteiger partial charge in [-0.25, -0.2) is 4.79 Å². The Bertz CT molecular complexity index is 531. The van der Waals surface area contributed by atoms with Crippen molar-refractivity contribution in [3.63, 3.8) is 0 Å². The topological polar surface area (TPSA) is 116 Å². The number of esters is 1. The van der Waals surface area contributed by atoms with Crippen LogP contribution in [-0.4, -0.2) is 45.4 Å². The van der Waals surface area contributed by atoms with Crippen molar-refractivity contribution >= 4 is 11.9 Å². The summed E-state index contributed by atoms with van der Waals surface area (Å²) in [6, 6.07) is 5.40. The molecule has 1 aliphatic heterocycles. The van der Waals surface area contributed by atoms with Gasteiger partial charge in [-0.05, 0) is 24.6 Å². The van der Waals surface area contributed by atoms with Gasteiger partial charge in [-0.1, -0.05) is 12.1 Å². The molecule has 0 saturated carbocycles. The van der Waals surface area contributed by atoms with Crippen molar-refractivity contribution in [2.45, 2.75) is 31.3 Å². The Balaban J connectivity index is 2.33. The van der Waals surface area contributed by atoms with Crippen molar-refractivity contribution in [3.05, 3.63) is 29.8 Å². The number of ether oxygens (including phenoxy) is 1. The minimum absolute atomic E-state index is 0.0141. The molecule has 20 heavy (non-hydrogen) atoms. The number of carbonyl (C=O) groups excluding carboxylic acids is 2. The van der Waals surface area contributed by atoms with E-state index in [1.807, 2.05) is 0 Å². The number of aliphatic hydroxyl groups excluding tert-OH is 2. The lowest BCUT2D eigenvalue weighted by Gasteiger charge is -2.31. The van der Waals surface area contributed by atoms with Crippen LogP contribution in [-0.2, 0) is 14.3 Å². The molecule has 7 heteroatoms. The van der Waals surface area contributed by atoms with E-state index in [1.165, 1.54) is 12.1 Å². The summed E-state index contributed by atoms with van der Waals surface area (Å²) in [5.41, 5.74) is 0.467. The Morgan fingerprint density at radius 1 is 1.20 bits per heavy atom. The monoisotopic (exact) mass is 281 g/mol. The maximum absolute atomic E-state index is 11.7. The van der Waals surface area contributed by atoms with Crippen LogP contribution in [0.5, 0.6) is 5.75 Å². The number of hydrogen-bond acceptors (Lipinski definition) is 6. The molecule has 1 saturated heterocycles. The molecule has 0 unspecified atom stereocenters. The van der Waals surface area contributed by atoms with Crippen LogP contribution in [0.3, 0.4) is 0 Å². The number of hydrogen-bond donors (Lipinski definition) is 4. The first-order valence-corrected chi connectivity index (χ1v) is 6.06. The normalized spacial score (nSPS) is 30.9. The summed E-state index contributed by atoms with van der Waals surface area (Å²) in [5.74, 6) is -1.96. The number of phenolic OH excluding ortho intramolecular Hbond substituents is 1. The molecule has 0 radical (unpaired) electrons. The van der Waals surface area contributed by atoms with Gasteiger partial charge in [-0.2, -0.15) is 0 Å². The van der Waals surface area contributed by atoms with Gasteiger partial charge in [-0.3, -0.25) is 4.79 Å². The zero-order valence-electron chi connectivity index (χ0n) is 10.7. The van der Waals surface area contributed by atoms with E-state index in [0.717, 1.165) is 0 Å². The fourth-order valence-corrected chi connectivity index (χ4v) is 2.01. The average molecular weight is 281 g/mol. The summed E-state index contributed by atoms with van der Waals surface area (Å²) in [5, 5.41) is 30.8. The van der Waals surface area contributed by atoms with Crippen LogP contribution in [0.2, 0.25) is 0 Å². The lowest BCUT2D eigenvalue weighted by Crippen LogP contribution is -2.53. The van der Waals surface area contributed by atoms with E-state index in [1.54, 1.807) is 19.1 Å². The molecule has 108 valence electrons. The van der Waals surface area contributed by atoms with Crippen LogP contribution in [0.4, 0.5) is 0 Å². The van der Waals surface area contributed by atoms with Crippen molar-refractivity contribution < 1.29 is 29.6 Å². The first-order chi connectivity index (χ1) is 9.40. The molecule has 1 aromatic rings. The Kier molecular flexibility index (Phi) is 3.91. The van der Waals surface area contributed by atoms with Crippen LogP contribution in [0.15, 0.2) is 24.3 Å². The molecular weight excluding hydrogens is 266 g/mol. The zero-order valence-corrected chi connectivity index (χ0v) is 10.7. The molecule has 1 heterocycles. The van der Waals surface area contributed by atoms with Crippen LogP contribution >= 0.6 is 0 Å². The van der Waals surface area contributed by atoms with Crippen LogP contribution in [0.1, 0.15) is 18.6 Å². The maximum atomic E-state index is 11.7. The quantitative estimate of drug-likeness (QED) is 0.502. The van der Waals surface area contributed by atoms with Gasteiger partial charge in [0.2, 0.25) is 0 Å². The number of phenols is 1. The van der Waals surface area contributed by atoms with E-state index in [9.17, 15) is 24.9 Å². The van der Waals surface area contributed by atoms with E-state index in [-0.39, 0.29) is 5.75 Å². The number of aliphatic hydroxyl groups is 2. The number of carbonyl (C=O) groups is 2. The third-order valence-electron chi connectivity index (χ3n) is 3.08. The summed E-state index contributed by atoms with van der Waals surface area (Å²) in [7, 11) is 0. The van der Waals surface area contributed by atoms with E-state index >= 15 is 0 Å². The molecule has 4 N–H and O–H groups in total. The van der Waals surface area contributed by atoms with Gasteiger partial charge in [0.05, 0.1) is 6.04 Å². The molecule has 1 fully saturated rings. The second-order valence-electron chi connectivity index (χ2n) is 4.64. The first-order valence-electron chi connectivity index (χ1n) is 6.06. The highest BCUT2D eigenvalue weighted by Gasteiger charge is 2.38. The summed E-state index contributed by atoms with van der Waals surface area (Å²) in [6.45, 7) is 1.59. The number of benzene rings is 1. The van der Waals surface area contributed by atoms with E-state index in [4.69, 9.17) is 4.74 Å². The van der Waals surface area contributed by atoms with Gasteiger partial charge in [-0.15, -0.1) is 0 Å². The lowest BCUT2D eigenvalue weighted by atomic mass is 10.0. The van der Waals surface area contributed by atoms with Crippen molar-refractivity contribution in [1.82, 2.24) is 5.32 Å². The van der Waals surface area contributed by atoms with E-state index in [2.05, 4.69) is 5.32 Å². The minimum atomic E-state index is -1.94. The highest BCUT2D eigenvalue weighted by molar-refractivity contribution is 5.89. The van der Waals surface area contributed by atoms with Crippen molar-refractivity contribution in [2.24, 2.45) is 0 Å². The molecule has 0 spiro atoms. The van der Waals surface area contributed by atoms with E-state index in [0.29, 0.717) is 5.56 Å². The molecule has 4 atom stereocenters. The van der Waals surface area contributed by atoms with Gasteiger partial charge >= 0.3 is 5.97 Å². The molecule has 2 rings (SSSR count). The number of cyclic esters (lactones) is 1. The summed E-state index contributed by atoms with van der Waals surface area (Å²) >= 11 is 0. The SMILES string of the molecule is C[C@H]1NC(=O)[C@H](O)[C@@H](O)C(=O)O[C@@H]1c1cccc(O)c1. The third kappa shape index (κ3) is 2.73. The van der Waals surface area contributed by atoms with Crippen molar-refractivity contribution in [1.29, 1.82) is 0 Å². The minimum Gasteiger partial charge on any atom is -0.508 e. The fraction of sp³-hybridized carbons (Fsp3) is 0.385.